The lowest BCUT2D eigenvalue weighted by atomic mass is 9.94. The van der Waals surface area contributed by atoms with Crippen LogP contribution in [-0.2, 0) is 26.3 Å². The number of nitrogens with one attached hydrogen (secondary N) is 1. The van der Waals surface area contributed by atoms with E-state index in [1.54, 1.807) is 55.1 Å². The van der Waals surface area contributed by atoms with Gasteiger partial charge in [-0.15, -0.1) is 0 Å². The van der Waals surface area contributed by atoms with Crippen LogP contribution < -0.4 is 9.62 Å². The van der Waals surface area contributed by atoms with Crippen molar-refractivity contribution < 1.29 is 26.7 Å². The number of hydrogen-bond donors (Lipinski definition) is 2. The molecule has 1 aliphatic rings. The molecule has 0 aliphatic carbocycles. The summed E-state index contributed by atoms with van der Waals surface area (Å²) in [5.41, 5.74) is 3.60. The standard InChI is InChI=1S/C25H26N2O6S2/c1-16(2)35(32,33)21-8-4-17(5-9-21)18-6-10-22-19(14-18)12-13-27(25(22)29)20-7-11-24(28)23(15-20)26-34(3,30)31/h4-11,14-16,26,28H,12-13H2,1-3H3. The topological polar surface area (TPSA) is 121 Å². The molecule has 10 heteroatoms. The van der Waals surface area contributed by atoms with Crippen molar-refractivity contribution in [3.63, 3.8) is 0 Å². The number of phenols is 1. The van der Waals surface area contributed by atoms with Crippen molar-refractivity contribution in [2.45, 2.75) is 30.4 Å². The van der Waals surface area contributed by atoms with E-state index in [4.69, 9.17) is 0 Å². The first-order valence-corrected chi connectivity index (χ1v) is 14.4. The number of anilines is 2. The Hall–Kier alpha value is -3.37. The van der Waals surface area contributed by atoms with E-state index in [0.717, 1.165) is 22.9 Å². The van der Waals surface area contributed by atoms with E-state index in [2.05, 4.69) is 4.72 Å². The van der Waals surface area contributed by atoms with Crippen LogP contribution in [0.25, 0.3) is 11.1 Å². The maximum absolute atomic E-state index is 13.2. The molecule has 0 unspecified atom stereocenters. The molecule has 35 heavy (non-hydrogen) atoms. The Morgan fingerprint density at radius 3 is 2.20 bits per heavy atom. The highest BCUT2D eigenvalue weighted by Gasteiger charge is 2.27. The Morgan fingerprint density at radius 2 is 1.57 bits per heavy atom. The van der Waals surface area contributed by atoms with Crippen LogP contribution in [0.1, 0.15) is 29.8 Å². The third-order valence-electron chi connectivity index (χ3n) is 5.91. The van der Waals surface area contributed by atoms with Gasteiger partial charge in [-0.2, -0.15) is 0 Å². The SMILES string of the molecule is CC(C)S(=O)(=O)c1ccc(-c2ccc3c(c2)CCN(c2ccc(O)c(NS(C)(=O)=O)c2)C3=O)cc1. The first-order valence-electron chi connectivity index (χ1n) is 11.0. The van der Waals surface area contributed by atoms with Crippen molar-refractivity contribution in [1.82, 2.24) is 0 Å². The minimum absolute atomic E-state index is 0.00173. The van der Waals surface area contributed by atoms with Crippen molar-refractivity contribution in [2.24, 2.45) is 0 Å². The molecule has 3 aromatic rings. The monoisotopic (exact) mass is 514 g/mol. The number of hydrogen-bond acceptors (Lipinski definition) is 6. The molecule has 0 radical (unpaired) electrons. The fraction of sp³-hybridized carbons (Fsp3) is 0.240. The third-order valence-corrected chi connectivity index (χ3v) is 8.67. The van der Waals surface area contributed by atoms with E-state index in [-0.39, 0.29) is 22.2 Å². The van der Waals surface area contributed by atoms with Crippen LogP contribution in [0.3, 0.4) is 0 Å². The molecule has 2 N–H and O–H groups in total. The van der Waals surface area contributed by atoms with Crippen LogP contribution in [0.15, 0.2) is 65.6 Å². The van der Waals surface area contributed by atoms with E-state index < -0.39 is 25.1 Å². The number of sulfone groups is 1. The first-order chi connectivity index (χ1) is 16.4. The van der Waals surface area contributed by atoms with Crippen molar-refractivity contribution in [2.75, 3.05) is 22.4 Å². The molecule has 0 fully saturated rings. The molecule has 0 bridgehead atoms. The summed E-state index contributed by atoms with van der Waals surface area (Å²) in [6, 6.07) is 16.6. The van der Waals surface area contributed by atoms with Gasteiger partial charge in [-0.1, -0.05) is 24.3 Å². The molecule has 184 valence electrons. The van der Waals surface area contributed by atoms with Gasteiger partial charge in [-0.05, 0) is 73.4 Å². The second kappa shape index (κ2) is 9.01. The van der Waals surface area contributed by atoms with Gasteiger partial charge in [0, 0.05) is 17.8 Å². The fourth-order valence-electron chi connectivity index (χ4n) is 4.00. The molecule has 8 nitrogen and oxygen atoms in total. The number of fused-ring (bicyclic) bond motifs is 1. The van der Waals surface area contributed by atoms with Gasteiger partial charge in [-0.3, -0.25) is 9.52 Å². The van der Waals surface area contributed by atoms with Gasteiger partial charge < -0.3 is 10.0 Å². The van der Waals surface area contributed by atoms with Crippen molar-refractivity contribution in [3.05, 3.63) is 71.8 Å². The summed E-state index contributed by atoms with van der Waals surface area (Å²) in [4.78, 5) is 15.0. The van der Waals surface area contributed by atoms with Crippen LogP contribution in [0.2, 0.25) is 0 Å². The van der Waals surface area contributed by atoms with Gasteiger partial charge in [0.2, 0.25) is 10.0 Å². The van der Waals surface area contributed by atoms with E-state index >= 15 is 0 Å². The summed E-state index contributed by atoms with van der Waals surface area (Å²) in [5.74, 6) is -0.465. The number of sulfonamides is 1. The number of carbonyl (C=O) groups is 1. The lowest BCUT2D eigenvalue weighted by Gasteiger charge is -2.29. The van der Waals surface area contributed by atoms with Gasteiger partial charge >= 0.3 is 0 Å². The highest BCUT2D eigenvalue weighted by molar-refractivity contribution is 7.92. The zero-order valence-electron chi connectivity index (χ0n) is 19.5. The Morgan fingerprint density at radius 1 is 0.914 bits per heavy atom. The smallest absolute Gasteiger partial charge is 0.258 e. The molecule has 3 aromatic carbocycles. The average Bonchev–Trinajstić information content (AvgIpc) is 2.80. The normalized spacial score (nSPS) is 14.2. The lowest BCUT2D eigenvalue weighted by Crippen LogP contribution is -2.37. The highest BCUT2D eigenvalue weighted by Crippen LogP contribution is 2.33. The van der Waals surface area contributed by atoms with Crippen molar-refractivity contribution in [1.29, 1.82) is 0 Å². The van der Waals surface area contributed by atoms with Gasteiger partial charge in [-0.25, -0.2) is 16.8 Å². The Bertz CT molecular complexity index is 1510. The minimum atomic E-state index is -3.60. The number of aromatic hydroxyl groups is 1. The van der Waals surface area contributed by atoms with Gasteiger partial charge in [0.1, 0.15) is 5.75 Å². The number of rotatable bonds is 6. The third kappa shape index (κ3) is 5.03. The van der Waals surface area contributed by atoms with Crippen LogP contribution in [0, 0.1) is 0 Å². The summed E-state index contributed by atoms with van der Waals surface area (Å²) < 4.78 is 50.2. The maximum Gasteiger partial charge on any atom is 0.258 e. The molecule has 0 saturated carbocycles. The molecule has 0 aromatic heterocycles. The first kappa shape index (κ1) is 24.7. The molecule has 1 aliphatic heterocycles. The van der Waals surface area contributed by atoms with E-state index in [9.17, 15) is 26.7 Å². The Kier molecular flexibility index (Phi) is 6.37. The van der Waals surface area contributed by atoms with Crippen LogP contribution in [0.5, 0.6) is 5.75 Å². The van der Waals surface area contributed by atoms with E-state index in [0.29, 0.717) is 24.2 Å². The summed E-state index contributed by atoms with van der Waals surface area (Å²) in [7, 11) is -6.95. The Labute approximate surface area is 205 Å². The van der Waals surface area contributed by atoms with E-state index in [1.807, 2.05) is 12.1 Å². The molecule has 0 atom stereocenters. The zero-order chi connectivity index (χ0) is 25.5. The minimum Gasteiger partial charge on any atom is -0.506 e. The van der Waals surface area contributed by atoms with Gasteiger partial charge in [0.15, 0.2) is 9.84 Å². The molecule has 1 heterocycles. The molecule has 0 spiro atoms. The number of nitrogens with zero attached hydrogens (tertiary/aromatic N) is 1. The molecule has 0 saturated heterocycles. The predicted octanol–water partition coefficient (Wildman–Crippen LogP) is 3.82. The summed E-state index contributed by atoms with van der Waals surface area (Å²) in [6.45, 7) is 3.67. The molecule has 1 amide bonds. The second-order valence-corrected chi connectivity index (χ2v) is 13.0. The summed E-state index contributed by atoms with van der Waals surface area (Å²) >= 11 is 0. The van der Waals surface area contributed by atoms with Gasteiger partial charge in [0.25, 0.3) is 5.91 Å². The van der Waals surface area contributed by atoms with Crippen molar-refractivity contribution >= 4 is 37.1 Å². The van der Waals surface area contributed by atoms with Crippen LogP contribution >= 0.6 is 0 Å². The summed E-state index contributed by atoms with van der Waals surface area (Å²) in [6.07, 6.45) is 1.56. The number of carbonyl (C=O) groups excluding carboxylic acids is 1. The van der Waals surface area contributed by atoms with Gasteiger partial charge in [0.05, 0.1) is 22.1 Å². The van der Waals surface area contributed by atoms with Crippen LogP contribution in [0.4, 0.5) is 11.4 Å². The molecular weight excluding hydrogens is 488 g/mol. The maximum atomic E-state index is 13.2. The van der Waals surface area contributed by atoms with E-state index in [1.165, 1.54) is 12.1 Å². The largest absolute Gasteiger partial charge is 0.506 e. The highest BCUT2D eigenvalue weighted by atomic mass is 32.2. The second-order valence-electron chi connectivity index (χ2n) is 8.77. The average molecular weight is 515 g/mol. The zero-order valence-corrected chi connectivity index (χ0v) is 21.2. The number of benzene rings is 3. The Balaban J connectivity index is 1.61. The van der Waals surface area contributed by atoms with Crippen LogP contribution in [-0.4, -0.2) is 45.9 Å². The van der Waals surface area contributed by atoms with Crippen molar-refractivity contribution in [3.8, 4) is 16.9 Å². The fourth-order valence-corrected chi connectivity index (χ4v) is 5.62. The molecule has 4 rings (SSSR count). The molecular formula is C25H26N2O6S2. The quantitative estimate of drug-likeness (QED) is 0.483. The number of amides is 1. The lowest BCUT2D eigenvalue weighted by molar-refractivity contribution is 0.0980. The predicted molar refractivity (Wildman–Crippen MR) is 136 cm³/mol. The number of phenolic OH excluding ortho intramolecular Hbond substituents is 1. The summed E-state index contributed by atoms with van der Waals surface area (Å²) in [5, 5.41) is 9.48.